The maximum Gasteiger partial charge on any atom is 0.242 e. The first-order chi connectivity index (χ1) is 7.53. The van der Waals surface area contributed by atoms with E-state index in [-0.39, 0.29) is 6.54 Å². The summed E-state index contributed by atoms with van der Waals surface area (Å²) in [5.74, 6) is 1.20. The lowest BCUT2D eigenvalue weighted by Gasteiger charge is -2.05. The molecule has 0 saturated heterocycles. The van der Waals surface area contributed by atoms with Gasteiger partial charge >= 0.3 is 0 Å². The quantitative estimate of drug-likeness (QED) is 0.784. The van der Waals surface area contributed by atoms with Crippen LogP contribution in [0.15, 0.2) is 23.1 Å². The van der Waals surface area contributed by atoms with Crippen molar-refractivity contribution in [3.63, 3.8) is 0 Å². The van der Waals surface area contributed by atoms with E-state index in [2.05, 4.69) is 5.92 Å². The number of nitrogens with one attached hydrogen (secondary N) is 1. The summed E-state index contributed by atoms with van der Waals surface area (Å²) < 4.78 is 38.4. The summed E-state index contributed by atoms with van der Waals surface area (Å²) in [6, 6.07) is 4.86. The first kappa shape index (κ1) is 12.2. The van der Waals surface area contributed by atoms with Crippen LogP contribution in [0, 0.1) is 29.5 Å². The van der Waals surface area contributed by atoms with Crippen molar-refractivity contribution in [2.45, 2.75) is 4.90 Å². The molecule has 1 aromatic carbocycles. The fourth-order valence-corrected chi connectivity index (χ4v) is 2.15. The summed E-state index contributed by atoms with van der Waals surface area (Å²) in [5.41, 5.74) is -0.521. The van der Waals surface area contributed by atoms with Gasteiger partial charge in [0.15, 0.2) is 0 Å². The fourth-order valence-electron chi connectivity index (χ4n) is 1.05. The summed E-state index contributed by atoms with van der Waals surface area (Å²) in [7, 11) is -3.94. The predicted octanol–water partition coefficient (Wildman–Crippen LogP) is 0.609. The molecule has 4 nitrogen and oxygen atoms in total. The van der Waals surface area contributed by atoms with Crippen molar-refractivity contribution >= 4 is 10.0 Å². The molecule has 1 rings (SSSR count). The average Bonchev–Trinajstić information content (AvgIpc) is 2.26. The first-order valence-electron chi connectivity index (χ1n) is 4.14. The molecule has 1 N–H and O–H groups in total. The zero-order valence-electron chi connectivity index (χ0n) is 8.07. The van der Waals surface area contributed by atoms with Crippen LogP contribution in [-0.4, -0.2) is 15.0 Å². The highest BCUT2D eigenvalue weighted by molar-refractivity contribution is 7.89. The summed E-state index contributed by atoms with van der Waals surface area (Å²) in [6.07, 6.45) is 4.90. The Morgan fingerprint density at radius 3 is 2.75 bits per heavy atom. The summed E-state index contributed by atoms with van der Waals surface area (Å²) in [6.45, 7) is -0.219. The number of nitrogens with zero attached hydrogens (tertiary/aromatic N) is 1. The van der Waals surface area contributed by atoms with Crippen LogP contribution in [0.25, 0.3) is 0 Å². The highest BCUT2D eigenvalue weighted by Crippen LogP contribution is 2.17. The van der Waals surface area contributed by atoms with Crippen molar-refractivity contribution in [2.75, 3.05) is 6.54 Å². The standard InChI is InChI=1S/C10H7FN2O2S/c1-2-6-13-16(14,15)10-5-3-4-9(11)8(10)7-12/h1,3-5,13H,6H2. The minimum absolute atomic E-state index is 0.219. The SMILES string of the molecule is C#CCNS(=O)(=O)c1cccc(F)c1C#N. The highest BCUT2D eigenvalue weighted by Gasteiger charge is 2.20. The molecule has 16 heavy (non-hydrogen) atoms. The molecule has 0 saturated carbocycles. The topological polar surface area (TPSA) is 70.0 Å². The smallest absolute Gasteiger partial charge is 0.207 e. The zero-order chi connectivity index (χ0) is 12.2. The Bertz CT molecular complexity index is 582. The Balaban J connectivity index is 3.31. The average molecular weight is 238 g/mol. The van der Waals surface area contributed by atoms with Gasteiger partial charge in [-0.2, -0.15) is 9.98 Å². The van der Waals surface area contributed by atoms with Gasteiger partial charge in [-0.3, -0.25) is 0 Å². The lowest BCUT2D eigenvalue weighted by molar-refractivity contribution is 0.580. The highest BCUT2D eigenvalue weighted by atomic mass is 32.2. The van der Waals surface area contributed by atoms with E-state index < -0.39 is 26.3 Å². The Labute approximate surface area is 92.8 Å². The molecule has 0 atom stereocenters. The normalized spacial score (nSPS) is 10.4. The minimum atomic E-state index is -3.94. The van der Waals surface area contributed by atoms with Gasteiger partial charge in [-0.1, -0.05) is 12.0 Å². The van der Waals surface area contributed by atoms with E-state index in [9.17, 15) is 12.8 Å². The second-order valence-electron chi connectivity index (χ2n) is 2.75. The molecule has 0 amide bonds. The second kappa shape index (κ2) is 4.75. The third-order valence-electron chi connectivity index (χ3n) is 1.74. The van der Waals surface area contributed by atoms with Crippen molar-refractivity contribution in [1.82, 2.24) is 4.72 Å². The molecular weight excluding hydrogens is 231 g/mol. The zero-order valence-corrected chi connectivity index (χ0v) is 8.88. The number of nitriles is 1. The van der Waals surface area contributed by atoms with Gasteiger partial charge in [0.05, 0.1) is 6.54 Å². The molecular formula is C10H7FN2O2S. The molecule has 0 spiro atoms. The second-order valence-corrected chi connectivity index (χ2v) is 4.49. The number of terminal acetylenes is 1. The van der Waals surface area contributed by atoms with Crippen LogP contribution >= 0.6 is 0 Å². The number of halogens is 1. The summed E-state index contributed by atoms with van der Waals surface area (Å²) in [4.78, 5) is -0.412. The van der Waals surface area contributed by atoms with E-state index in [1.807, 2.05) is 4.72 Å². The van der Waals surface area contributed by atoms with E-state index in [1.165, 1.54) is 12.1 Å². The molecule has 0 heterocycles. The Morgan fingerprint density at radius 1 is 1.50 bits per heavy atom. The molecule has 0 aliphatic rings. The van der Waals surface area contributed by atoms with E-state index in [4.69, 9.17) is 11.7 Å². The van der Waals surface area contributed by atoms with Crippen molar-refractivity contribution in [2.24, 2.45) is 0 Å². The van der Waals surface area contributed by atoms with Crippen LogP contribution in [0.5, 0.6) is 0 Å². The van der Waals surface area contributed by atoms with Crippen LogP contribution < -0.4 is 4.72 Å². The number of hydrogen-bond donors (Lipinski definition) is 1. The molecule has 1 aromatic rings. The van der Waals surface area contributed by atoms with Crippen molar-refractivity contribution < 1.29 is 12.8 Å². The molecule has 82 valence electrons. The van der Waals surface area contributed by atoms with Gasteiger partial charge < -0.3 is 0 Å². The van der Waals surface area contributed by atoms with Gasteiger partial charge in [0.1, 0.15) is 22.3 Å². The van der Waals surface area contributed by atoms with Gasteiger partial charge in [-0.15, -0.1) is 6.42 Å². The lowest BCUT2D eigenvalue weighted by atomic mass is 10.2. The number of hydrogen-bond acceptors (Lipinski definition) is 3. The summed E-state index contributed by atoms with van der Waals surface area (Å²) >= 11 is 0. The van der Waals surface area contributed by atoms with E-state index >= 15 is 0 Å². The molecule has 0 bridgehead atoms. The van der Waals surface area contributed by atoms with Crippen molar-refractivity contribution in [3.05, 3.63) is 29.6 Å². The monoisotopic (exact) mass is 238 g/mol. The van der Waals surface area contributed by atoms with Crippen LogP contribution in [0.4, 0.5) is 4.39 Å². The Kier molecular flexibility index (Phi) is 3.62. The van der Waals surface area contributed by atoms with Crippen molar-refractivity contribution in [3.8, 4) is 18.4 Å². The number of sulfonamides is 1. The molecule has 0 aromatic heterocycles. The molecule has 0 aliphatic heterocycles. The summed E-state index contributed by atoms with van der Waals surface area (Å²) in [5, 5.41) is 8.67. The maximum atomic E-state index is 13.1. The largest absolute Gasteiger partial charge is 0.242 e. The minimum Gasteiger partial charge on any atom is -0.207 e. The van der Waals surface area contributed by atoms with Crippen LogP contribution in [0.1, 0.15) is 5.56 Å². The number of benzene rings is 1. The molecule has 0 aliphatic carbocycles. The first-order valence-corrected chi connectivity index (χ1v) is 5.63. The maximum absolute atomic E-state index is 13.1. The van der Waals surface area contributed by atoms with Crippen LogP contribution in [-0.2, 0) is 10.0 Å². The van der Waals surface area contributed by atoms with E-state index in [1.54, 1.807) is 0 Å². The molecule has 6 heteroatoms. The molecule has 0 unspecified atom stereocenters. The Morgan fingerprint density at radius 2 is 2.19 bits per heavy atom. The van der Waals surface area contributed by atoms with E-state index in [0.717, 1.165) is 12.1 Å². The number of rotatable bonds is 3. The Hall–Kier alpha value is -1.89. The molecule has 0 radical (unpaired) electrons. The third kappa shape index (κ3) is 2.37. The van der Waals surface area contributed by atoms with Crippen LogP contribution in [0.2, 0.25) is 0 Å². The van der Waals surface area contributed by atoms with Gasteiger partial charge in [0.25, 0.3) is 0 Å². The van der Waals surface area contributed by atoms with Gasteiger partial charge in [-0.25, -0.2) is 12.8 Å². The lowest BCUT2D eigenvalue weighted by Crippen LogP contribution is -2.25. The van der Waals surface area contributed by atoms with E-state index in [0.29, 0.717) is 0 Å². The van der Waals surface area contributed by atoms with Gasteiger partial charge in [0, 0.05) is 0 Å². The van der Waals surface area contributed by atoms with Crippen molar-refractivity contribution in [1.29, 1.82) is 5.26 Å². The van der Waals surface area contributed by atoms with Gasteiger partial charge in [0.2, 0.25) is 10.0 Å². The van der Waals surface area contributed by atoms with Crippen LogP contribution in [0.3, 0.4) is 0 Å². The predicted molar refractivity (Wildman–Crippen MR) is 55.1 cm³/mol. The molecule has 0 fully saturated rings. The fraction of sp³-hybridized carbons (Fsp3) is 0.100. The third-order valence-corrected chi connectivity index (χ3v) is 3.18. The van der Waals surface area contributed by atoms with Gasteiger partial charge in [-0.05, 0) is 12.1 Å².